The van der Waals surface area contributed by atoms with Crippen LogP contribution in [0, 0.1) is 5.82 Å². The Bertz CT molecular complexity index is 1000. The van der Waals surface area contributed by atoms with Gasteiger partial charge in [-0.3, -0.25) is 4.90 Å². The molecule has 2 aliphatic heterocycles. The number of fused-ring (bicyclic) bond motifs is 2. The van der Waals surface area contributed by atoms with E-state index in [1.165, 1.54) is 0 Å². The van der Waals surface area contributed by atoms with E-state index in [0.29, 0.717) is 24.9 Å². The molecule has 0 amide bonds. The average Bonchev–Trinajstić information content (AvgIpc) is 3.24. The molecule has 4 heterocycles. The minimum Gasteiger partial charge on any atom is -0.467 e. The maximum absolute atomic E-state index is 14.4. The molecule has 4 rings (SSSR count). The lowest BCUT2D eigenvalue weighted by Crippen LogP contribution is -2.43. The molecule has 0 spiro atoms. The number of ether oxygens (including phenoxy) is 2. The SMILES string of the molecule is F/C=C1\CN2CCC[C@@]2(COc2nc(OCC(F)(F)F)c3cnc(Cl)c(F)c3n2)C1. The lowest BCUT2D eigenvalue weighted by molar-refractivity contribution is -0.153. The normalized spacial score (nSPS) is 23.3. The predicted molar refractivity (Wildman–Crippen MR) is 96.7 cm³/mol. The lowest BCUT2D eigenvalue weighted by atomic mass is 9.94. The van der Waals surface area contributed by atoms with Crippen LogP contribution < -0.4 is 9.47 Å². The van der Waals surface area contributed by atoms with Crippen molar-refractivity contribution in [3.05, 3.63) is 29.1 Å². The number of halogens is 6. The highest BCUT2D eigenvalue weighted by Gasteiger charge is 2.47. The van der Waals surface area contributed by atoms with E-state index in [4.69, 9.17) is 21.1 Å². The molecule has 0 aliphatic carbocycles. The van der Waals surface area contributed by atoms with Crippen LogP contribution in [-0.4, -0.2) is 57.9 Å². The maximum atomic E-state index is 14.4. The van der Waals surface area contributed by atoms with Gasteiger partial charge in [0.2, 0.25) is 5.88 Å². The van der Waals surface area contributed by atoms with E-state index >= 15 is 0 Å². The van der Waals surface area contributed by atoms with Gasteiger partial charge in [-0.05, 0) is 31.4 Å². The Morgan fingerprint density at radius 3 is 2.80 bits per heavy atom. The topological polar surface area (TPSA) is 60.4 Å². The third-order valence-electron chi connectivity index (χ3n) is 5.27. The summed E-state index contributed by atoms with van der Waals surface area (Å²) >= 11 is 5.67. The number of alkyl halides is 3. The van der Waals surface area contributed by atoms with Gasteiger partial charge < -0.3 is 9.47 Å². The van der Waals surface area contributed by atoms with Gasteiger partial charge in [0.1, 0.15) is 12.1 Å². The summed E-state index contributed by atoms with van der Waals surface area (Å²) in [5.74, 6) is -1.55. The van der Waals surface area contributed by atoms with Crippen LogP contribution in [0.4, 0.5) is 22.0 Å². The first-order valence-corrected chi connectivity index (χ1v) is 9.46. The van der Waals surface area contributed by atoms with Crippen LogP contribution in [-0.2, 0) is 0 Å². The van der Waals surface area contributed by atoms with Crippen molar-refractivity contribution < 1.29 is 31.4 Å². The molecule has 1 atom stereocenters. The van der Waals surface area contributed by atoms with E-state index in [9.17, 15) is 22.0 Å². The van der Waals surface area contributed by atoms with Crippen LogP contribution in [0.1, 0.15) is 19.3 Å². The van der Waals surface area contributed by atoms with Gasteiger partial charge in [0.05, 0.1) is 17.3 Å². The van der Waals surface area contributed by atoms with Crippen molar-refractivity contribution in [1.82, 2.24) is 19.9 Å². The summed E-state index contributed by atoms with van der Waals surface area (Å²) in [5.41, 5.74) is -0.193. The molecule has 0 bridgehead atoms. The zero-order chi connectivity index (χ0) is 21.5. The van der Waals surface area contributed by atoms with E-state index in [1.807, 2.05) is 0 Å². The lowest BCUT2D eigenvalue weighted by Gasteiger charge is -2.30. The fourth-order valence-electron chi connectivity index (χ4n) is 3.96. The molecule has 0 radical (unpaired) electrons. The minimum absolute atomic E-state index is 0.0645. The number of hydrogen-bond acceptors (Lipinski definition) is 6. The minimum atomic E-state index is -4.63. The quantitative estimate of drug-likeness (QED) is 0.502. The molecule has 0 aromatic carbocycles. The van der Waals surface area contributed by atoms with Gasteiger partial charge in [-0.25, -0.2) is 13.8 Å². The molecule has 0 N–H and O–H groups in total. The fourth-order valence-corrected chi connectivity index (χ4v) is 4.10. The highest BCUT2D eigenvalue weighted by molar-refractivity contribution is 6.30. The first kappa shape index (κ1) is 21.0. The van der Waals surface area contributed by atoms with Crippen molar-refractivity contribution in [3.8, 4) is 11.9 Å². The summed E-state index contributed by atoms with van der Waals surface area (Å²) in [5, 5.41) is -0.666. The van der Waals surface area contributed by atoms with E-state index < -0.39 is 35.2 Å². The molecule has 0 unspecified atom stereocenters. The fraction of sp³-hybridized carbons (Fsp3) is 0.500. The molecular formula is C18H16ClF5N4O2. The molecule has 2 aromatic heterocycles. The van der Waals surface area contributed by atoms with Crippen molar-refractivity contribution in [2.75, 3.05) is 26.3 Å². The Labute approximate surface area is 172 Å². The highest BCUT2D eigenvalue weighted by atomic mass is 35.5. The highest BCUT2D eigenvalue weighted by Crippen LogP contribution is 2.41. The second-order valence-corrected chi connectivity index (χ2v) is 7.68. The molecular weight excluding hydrogens is 435 g/mol. The van der Waals surface area contributed by atoms with E-state index in [2.05, 4.69) is 19.9 Å². The third kappa shape index (κ3) is 4.00. The molecule has 30 heavy (non-hydrogen) atoms. The van der Waals surface area contributed by atoms with Crippen LogP contribution in [0.25, 0.3) is 10.9 Å². The standard InChI is InChI=1S/C18H16ClF5N4O2/c19-14-12(21)13-11(6-25-14)15(29-9-18(22,23)24)27-16(26-13)30-8-17-2-1-3-28(17)7-10(4-17)5-20/h5-6H,1-4,7-9H2/b10-5-/t17-/m0/s1. The maximum Gasteiger partial charge on any atom is 0.422 e. The number of aromatic nitrogens is 3. The van der Waals surface area contributed by atoms with Crippen molar-refractivity contribution in [2.24, 2.45) is 0 Å². The van der Waals surface area contributed by atoms with Gasteiger partial charge in [-0.15, -0.1) is 0 Å². The van der Waals surface area contributed by atoms with Crippen molar-refractivity contribution in [2.45, 2.75) is 31.0 Å². The van der Waals surface area contributed by atoms with Gasteiger partial charge in [-0.2, -0.15) is 23.1 Å². The van der Waals surface area contributed by atoms with Crippen molar-refractivity contribution in [3.63, 3.8) is 0 Å². The first-order valence-electron chi connectivity index (χ1n) is 9.08. The molecule has 2 fully saturated rings. The summed E-state index contributed by atoms with van der Waals surface area (Å²) < 4.78 is 75.6. The van der Waals surface area contributed by atoms with Gasteiger partial charge in [0, 0.05) is 12.7 Å². The van der Waals surface area contributed by atoms with Crippen molar-refractivity contribution in [1.29, 1.82) is 0 Å². The van der Waals surface area contributed by atoms with E-state index in [-0.39, 0.29) is 23.5 Å². The summed E-state index contributed by atoms with van der Waals surface area (Å²) in [6, 6.07) is -0.361. The van der Waals surface area contributed by atoms with E-state index in [0.717, 1.165) is 25.6 Å². The van der Waals surface area contributed by atoms with Crippen LogP contribution in [0.15, 0.2) is 18.1 Å². The third-order valence-corrected chi connectivity index (χ3v) is 5.54. The monoisotopic (exact) mass is 450 g/mol. The van der Waals surface area contributed by atoms with Gasteiger partial charge in [0.25, 0.3) is 0 Å². The molecule has 6 nitrogen and oxygen atoms in total. The summed E-state index contributed by atoms with van der Waals surface area (Å²) in [6.07, 6.45) is -0.905. The number of hydrogen-bond donors (Lipinski definition) is 0. The second-order valence-electron chi connectivity index (χ2n) is 7.32. The molecule has 2 saturated heterocycles. The summed E-state index contributed by atoms with van der Waals surface area (Å²) in [4.78, 5) is 13.5. The zero-order valence-electron chi connectivity index (χ0n) is 15.5. The van der Waals surface area contributed by atoms with Gasteiger partial charge in [-0.1, -0.05) is 11.6 Å². The second kappa shape index (κ2) is 7.77. The Balaban J connectivity index is 1.64. The number of pyridine rings is 1. The first-order chi connectivity index (χ1) is 14.2. The van der Waals surface area contributed by atoms with Gasteiger partial charge in [0.15, 0.2) is 17.6 Å². The summed E-state index contributed by atoms with van der Waals surface area (Å²) in [6.45, 7) is -0.316. The van der Waals surface area contributed by atoms with Crippen LogP contribution in [0.3, 0.4) is 0 Å². The Morgan fingerprint density at radius 2 is 2.07 bits per heavy atom. The van der Waals surface area contributed by atoms with Crippen LogP contribution in [0.2, 0.25) is 5.15 Å². The van der Waals surface area contributed by atoms with Crippen LogP contribution >= 0.6 is 11.6 Å². The van der Waals surface area contributed by atoms with E-state index in [1.54, 1.807) is 0 Å². The Morgan fingerprint density at radius 1 is 1.27 bits per heavy atom. The molecule has 0 saturated carbocycles. The average molecular weight is 451 g/mol. The van der Waals surface area contributed by atoms with Crippen LogP contribution in [0.5, 0.6) is 11.9 Å². The molecule has 2 aromatic rings. The van der Waals surface area contributed by atoms with Crippen molar-refractivity contribution >= 4 is 22.5 Å². The number of nitrogens with zero attached hydrogens (tertiary/aromatic N) is 4. The Kier molecular flexibility index (Phi) is 5.43. The Hall–Kier alpha value is -2.27. The largest absolute Gasteiger partial charge is 0.467 e. The van der Waals surface area contributed by atoms with Gasteiger partial charge >= 0.3 is 12.2 Å². The summed E-state index contributed by atoms with van der Waals surface area (Å²) in [7, 11) is 0. The smallest absolute Gasteiger partial charge is 0.422 e. The molecule has 162 valence electrons. The predicted octanol–water partition coefficient (Wildman–Crippen LogP) is 4.23. The zero-order valence-corrected chi connectivity index (χ0v) is 16.2. The molecule has 2 aliphatic rings. The molecule has 12 heteroatoms. The number of rotatable bonds is 5.